The van der Waals surface area contributed by atoms with Gasteiger partial charge in [0.2, 0.25) is 0 Å². The molecule has 1 unspecified atom stereocenters. The summed E-state index contributed by atoms with van der Waals surface area (Å²) in [6.45, 7) is 1.97. The fourth-order valence-electron chi connectivity index (χ4n) is 2.10. The van der Waals surface area contributed by atoms with E-state index in [2.05, 4.69) is 0 Å². The lowest BCUT2D eigenvalue weighted by Crippen LogP contribution is -2.12. The van der Waals surface area contributed by atoms with Gasteiger partial charge in [0, 0.05) is 5.02 Å². The molecule has 0 heterocycles. The highest BCUT2D eigenvalue weighted by atomic mass is 35.5. The van der Waals surface area contributed by atoms with E-state index in [1.165, 1.54) is 0 Å². The van der Waals surface area contributed by atoms with Gasteiger partial charge in [-0.25, -0.2) is 0 Å². The van der Waals surface area contributed by atoms with Crippen LogP contribution in [-0.4, -0.2) is 14.2 Å². The van der Waals surface area contributed by atoms with Gasteiger partial charge in [0.25, 0.3) is 0 Å². The van der Waals surface area contributed by atoms with E-state index in [0.717, 1.165) is 21.7 Å². The third-order valence-electron chi connectivity index (χ3n) is 3.31. The van der Waals surface area contributed by atoms with E-state index >= 15 is 0 Å². The Labute approximate surface area is 124 Å². The average molecular weight is 292 g/mol. The van der Waals surface area contributed by atoms with Crippen LogP contribution < -0.4 is 15.2 Å². The molecule has 2 aromatic rings. The third-order valence-corrected chi connectivity index (χ3v) is 3.73. The van der Waals surface area contributed by atoms with Crippen molar-refractivity contribution in [2.75, 3.05) is 14.2 Å². The number of nitrogens with two attached hydrogens (primary N) is 1. The number of hydrogen-bond acceptors (Lipinski definition) is 3. The minimum atomic E-state index is -0.231. The molecular weight excluding hydrogens is 274 g/mol. The van der Waals surface area contributed by atoms with E-state index in [-0.39, 0.29) is 6.04 Å². The molecule has 0 aromatic heterocycles. The van der Waals surface area contributed by atoms with Gasteiger partial charge in [-0.2, -0.15) is 0 Å². The van der Waals surface area contributed by atoms with Gasteiger partial charge in [-0.15, -0.1) is 0 Å². The Bertz CT molecular complexity index is 613. The molecule has 0 fully saturated rings. The van der Waals surface area contributed by atoms with Gasteiger partial charge in [-0.1, -0.05) is 29.8 Å². The second-order valence-electron chi connectivity index (χ2n) is 4.60. The largest absolute Gasteiger partial charge is 0.493 e. The number of hydrogen-bond donors (Lipinski definition) is 1. The quantitative estimate of drug-likeness (QED) is 0.934. The zero-order valence-electron chi connectivity index (χ0n) is 11.8. The number of methoxy groups -OCH3 is 2. The first-order valence-electron chi connectivity index (χ1n) is 6.30. The fourth-order valence-corrected chi connectivity index (χ4v) is 2.22. The number of ether oxygens (including phenoxy) is 2. The normalized spacial score (nSPS) is 12.1. The van der Waals surface area contributed by atoms with E-state index in [9.17, 15) is 0 Å². The lowest BCUT2D eigenvalue weighted by atomic mass is 9.98. The minimum Gasteiger partial charge on any atom is -0.493 e. The fraction of sp³-hybridized carbons (Fsp3) is 0.250. The summed E-state index contributed by atoms with van der Waals surface area (Å²) >= 11 is 6.04. The Morgan fingerprint density at radius 1 is 0.950 bits per heavy atom. The van der Waals surface area contributed by atoms with Crippen LogP contribution in [0, 0.1) is 6.92 Å². The summed E-state index contributed by atoms with van der Waals surface area (Å²) in [7, 11) is 3.22. The Kier molecular flexibility index (Phi) is 4.53. The number of aryl methyl sites for hydroxylation is 1. The van der Waals surface area contributed by atoms with Crippen LogP contribution in [0.1, 0.15) is 22.7 Å². The maximum absolute atomic E-state index is 6.31. The van der Waals surface area contributed by atoms with Crippen LogP contribution in [-0.2, 0) is 0 Å². The van der Waals surface area contributed by atoms with E-state index < -0.39 is 0 Å². The summed E-state index contributed by atoms with van der Waals surface area (Å²) in [5.74, 6) is 1.36. The smallest absolute Gasteiger partial charge is 0.161 e. The summed E-state index contributed by atoms with van der Waals surface area (Å²) in [6, 6.07) is 11.3. The van der Waals surface area contributed by atoms with Gasteiger partial charge in [-0.05, 0) is 41.8 Å². The molecule has 3 nitrogen and oxygen atoms in total. The molecule has 0 radical (unpaired) electrons. The topological polar surface area (TPSA) is 44.5 Å². The molecule has 0 aliphatic rings. The van der Waals surface area contributed by atoms with Crippen molar-refractivity contribution in [3.63, 3.8) is 0 Å². The lowest BCUT2D eigenvalue weighted by Gasteiger charge is -2.16. The van der Waals surface area contributed by atoms with Crippen molar-refractivity contribution in [2.45, 2.75) is 13.0 Å². The molecule has 0 saturated heterocycles. The molecule has 20 heavy (non-hydrogen) atoms. The summed E-state index contributed by atoms with van der Waals surface area (Å²) < 4.78 is 10.5. The van der Waals surface area contributed by atoms with Gasteiger partial charge >= 0.3 is 0 Å². The van der Waals surface area contributed by atoms with Gasteiger partial charge in [0.05, 0.1) is 20.3 Å². The minimum absolute atomic E-state index is 0.231. The number of rotatable bonds is 4. The lowest BCUT2D eigenvalue weighted by molar-refractivity contribution is 0.354. The van der Waals surface area contributed by atoms with Gasteiger partial charge in [0.15, 0.2) is 11.5 Å². The first kappa shape index (κ1) is 14.7. The predicted octanol–water partition coefficient (Wildman–Crippen LogP) is 3.71. The second kappa shape index (κ2) is 6.16. The monoisotopic (exact) mass is 291 g/mol. The zero-order valence-corrected chi connectivity index (χ0v) is 12.6. The van der Waals surface area contributed by atoms with Crippen LogP contribution in [0.25, 0.3) is 0 Å². The molecule has 2 N–H and O–H groups in total. The number of benzene rings is 2. The molecule has 4 heteroatoms. The van der Waals surface area contributed by atoms with Crippen LogP contribution in [0.2, 0.25) is 5.02 Å². The van der Waals surface area contributed by atoms with Crippen molar-refractivity contribution in [3.05, 3.63) is 58.1 Å². The Balaban J connectivity index is 2.37. The summed E-state index contributed by atoms with van der Waals surface area (Å²) in [5, 5.41) is 0.744. The molecule has 0 aliphatic carbocycles. The standard InChI is InChI=1S/C16H18ClNO2/c1-10-8-11(4-6-13(10)17)16(18)12-5-7-14(19-2)15(9-12)20-3/h4-9,16H,18H2,1-3H3. The summed E-state index contributed by atoms with van der Waals surface area (Å²) in [4.78, 5) is 0. The summed E-state index contributed by atoms with van der Waals surface area (Å²) in [5.41, 5.74) is 9.30. The van der Waals surface area contributed by atoms with Crippen molar-refractivity contribution in [2.24, 2.45) is 5.73 Å². The first-order chi connectivity index (χ1) is 9.56. The van der Waals surface area contributed by atoms with Crippen LogP contribution >= 0.6 is 11.6 Å². The predicted molar refractivity (Wildman–Crippen MR) is 81.8 cm³/mol. The van der Waals surface area contributed by atoms with Crippen LogP contribution in [0.15, 0.2) is 36.4 Å². The SMILES string of the molecule is COc1ccc(C(N)c2ccc(Cl)c(C)c2)cc1OC. The van der Waals surface area contributed by atoms with Crippen molar-refractivity contribution >= 4 is 11.6 Å². The van der Waals surface area contributed by atoms with Gasteiger partial charge in [0.1, 0.15) is 0 Å². The van der Waals surface area contributed by atoms with Crippen molar-refractivity contribution in [1.82, 2.24) is 0 Å². The molecule has 106 valence electrons. The Morgan fingerprint density at radius 3 is 2.15 bits per heavy atom. The highest BCUT2D eigenvalue weighted by molar-refractivity contribution is 6.31. The molecule has 1 atom stereocenters. The molecule has 0 saturated carbocycles. The molecular formula is C16H18ClNO2. The van der Waals surface area contributed by atoms with Crippen LogP contribution in [0.4, 0.5) is 0 Å². The molecule has 2 aromatic carbocycles. The third kappa shape index (κ3) is 2.89. The van der Waals surface area contributed by atoms with Crippen LogP contribution in [0.3, 0.4) is 0 Å². The molecule has 2 rings (SSSR count). The average Bonchev–Trinajstić information content (AvgIpc) is 2.48. The van der Waals surface area contributed by atoms with Crippen LogP contribution in [0.5, 0.6) is 11.5 Å². The highest BCUT2D eigenvalue weighted by Gasteiger charge is 2.13. The Morgan fingerprint density at radius 2 is 1.55 bits per heavy atom. The Hall–Kier alpha value is -1.71. The van der Waals surface area contributed by atoms with Crippen molar-refractivity contribution in [3.8, 4) is 11.5 Å². The first-order valence-corrected chi connectivity index (χ1v) is 6.68. The molecule has 0 spiro atoms. The molecule has 0 aliphatic heterocycles. The number of halogens is 1. The summed E-state index contributed by atoms with van der Waals surface area (Å²) in [6.07, 6.45) is 0. The zero-order chi connectivity index (χ0) is 14.7. The molecule has 0 amide bonds. The maximum Gasteiger partial charge on any atom is 0.161 e. The maximum atomic E-state index is 6.31. The molecule has 0 bridgehead atoms. The van der Waals surface area contributed by atoms with Crippen molar-refractivity contribution in [1.29, 1.82) is 0 Å². The van der Waals surface area contributed by atoms with Gasteiger partial charge in [-0.3, -0.25) is 0 Å². The van der Waals surface area contributed by atoms with E-state index in [1.807, 2.05) is 43.3 Å². The van der Waals surface area contributed by atoms with Gasteiger partial charge < -0.3 is 15.2 Å². The second-order valence-corrected chi connectivity index (χ2v) is 5.01. The van der Waals surface area contributed by atoms with E-state index in [1.54, 1.807) is 14.2 Å². The van der Waals surface area contributed by atoms with E-state index in [4.69, 9.17) is 26.8 Å². The van der Waals surface area contributed by atoms with Crippen molar-refractivity contribution < 1.29 is 9.47 Å². The van der Waals surface area contributed by atoms with E-state index in [0.29, 0.717) is 11.5 Å². The highest BCUT2D eigenvalue weighted by Crippen LogP contribution is 2.32.